The summed E-state index contributed by atoms with van der Waals surface area (Å²) in [6, 6.07) is 3.78. The van der Waals surface area contributed by atoms with Crippen LogP contribution < -0.4 is 16.6 Å². The normalized spacial score (nSPS) is 10.3. The summed E-state index contributed by atoms with van der Waals surface area (Å²) in [6.45, 7) is 3.00. The molecule has 4 N–H and O–H groups in total. The van der Waals surface area contributed by atoms with Gasteiger partial charge in [-0.2, -0.15) is 0 Å². The van der Waals surface area contributed by atoms with E-state index in [-0.39, 0.29) is 0 Å². The Labute approximate surface area is 108 Å². The maximum absolute atomic E-state index is 5.37. The summed E-state index contributed by atoms with van der Waals surface area (Å²) in [4.78, 5) is 4.04. The number of rotatable bonds is 10. The zero-order valence-electron chi connectivity index (χ0n) is 10.8. The van der Waals surface area contributed by atoms with Gasteiger partial charge in [0.05, 0.1) is 13.2 Å². The fourth-order valence-corrected chi connectivity index (χ4v) is 1.43. The minimum absolute atomic E-state index is 0.655. The topological polar surface area (TPSA) is 81.4 Å². The minimum atomic E-state index is 0.655. The molecule has 0 spiro atoms. The molecule has 1 heterocycles. The zero-order valence-corrected chi connectivity index (χ0v) is 10.8. The minimum Gasteiger partial charge on any atom is -0.385 e. The molecule has 6 nitrogen and oxygen atoms in total. The molecule has 0 bridgehead atoms. The number of aromatic nitrogens is 1. The lowest BCUT2D eigenvalue weighted by Crippen LogP contribution is -2.09. The maximum atomic E-state index is 5.37. The molecule has 0 amide bonds. The van der Waals surface area contributed by atoms with E-state index in [0.717, 1.165) is 31.7 Å². The number of nitrogens with one attached hydrogen (secondary N) is 2. The molecule has 0 saturated heterocycles. The highest BCUT2D eigenvalue weighted by Crippen LogP contribution is 2.10. The molecule has 0 aliphatic rings. The van der Waals surface area contributed by atoms with Gasteiger partial charge in [0.25, 0.3) is 0 Å². The van der Waals surface area contributed by atoms with Crippen molar-refractivity contribution in [2.24, 2.45) is 5.84 Å². The van der Waals surface area contributed by atoms with Crippen molar-refractivity contribution in [1.82, 2.24) is 4.98 Å². The van der Waals surface area contributed by atoms with Crippen LogP contribution in [0.3, 0.4) is 0 Å². The number of unbranched alkanes of at least 4 members (excludes halogenated alkanes) is 1. The first kappa shape index (κ1) is 14.7. The molecule has 1 rings (SSSR count). The van der Waals surface area contributed by atoms with E-state index in [0.29, 0.717) is 19.0 Å². The van der Waals surface area contributed by atoms with Crippen LogP contribution in [0.5, 0.6) is 0 Å². The van der Waals surface area contributed by atoms with Gasteiger partial charge in [0.1, 0.15) is 5.82 Å². The van der Waals surface area contributed by atoms with Crippen LogP contribution in [0.4, 0.5) is 11.5 Å². The lowest BCUT2D eigenvalue weighted by Gasteiger charge is -2.08. The first-order chi connectivity index (χ1) is 8.86. The largest absolute Gasteiger partial charge is 0.385 e. The Kier molecular flexibility index (Phi) is 7.87. The van der Waals surface area contributed by atoms with E-state index in [4.69, 9.17) is 15.3 Å². The van der Waals surface area contributed by atoms with Gasteiger partial charge in [-0.3, -0.25) is 0 Å². The van der Waals surface area contributed by atoms with Crippen molar-refractivity contribution in [3.05, 3.63) is 18.3 Å². The van der Waals surface area contributed by atoms with Crippen LogP contribution in [-0.4, -0.2) is 38.5 Å². The number of ether oxygens (including phenoxy) is 2. The Morgan fingerprint density at radius 3 is 2.94 bits per heavy atom. The summed E-state index contributed by atoms with van der Waals surface area (Å²) in [6.07, 6.45) is 3.80. The van der Waals surface area contributed by atoms with E-state index in [1.165, 1.54) is 0 Å². The lowest BCUT2D eigenvalue weighted by molar-refractivity contribution is 0.0691. The van der Waals surface area contributed by atoms with Crippen LogP contribution in [0.1, 0.15) is 12.8 Å². The second-order valence-electron chi connectivity index (χ2n) is 3.81. The van der Waals surface area contributed by atoms with Gasteiger partial charge in [-0.1, -0.05) is 0 Å². The van der Waals surface area contributed by atoms with E-state index in [1.54, 1.807) is 13.3 Å². The molecule has 0 saturated carbocycles. The van der Waals surface area contributed by atoms with E-state index in [9.17, 15) is 0 Å². The smallest absolute Gasteiger partial charge is 0.141 e. The molecule has 0 unspecified atom stereocenters. The molecule has 0 atom stereocenters. The van der Waals surface area contributed by atoms with Crippen molar-refractivity contribution in [3.8, 4) is 0 Å². The quantitative estimate of drug-likeness (QED) is 0.331. The van der Waals surface area contributed by atoms with Crippen LogP contribution in [0, 0.1) is 0 Å². The average Bonchev–Trinajstić information content (AvgIpc) is 2.42. The van der Waals surface area contributed by atoms with Crippen LogP contribution in [0.2, 0.25) is 0 Å². The average molecular weight is 254 g/mol. The predicted molar refractivity (Wildman–Crippen MR) is 72.5 cm³/mol. The summed E-state index contributed by atoms with van der Waals surface area (Å²) >= 11 is 0. The fourth-order valence-electron chi connectivity index (χ4n) is 1.43. The predicted octanol–water partition coefficient (Wildman–Crippen LogP) is 1.22. The molecule has 1 aromatic rings. The highest BCUT2D eigenvalue weighted by atomic mass is 16.5. The van der Waals surface area contributed by atoms with Gasteiger partial charge in [0.15, 0.2) is 0 Å². The van der Waals surface area contributed by atoms with E-state index >= 15 is 0 Å². The summed E-state index contributed by atoms with van der Waals surface area (Å²) in [5.41, 5.74) is 3.53. The Bertz CT molecular complexity index is 323. The van der Waals surface area contributed by atoms with Crippen molar-refractivity contribution in [1.29, 1.82) is 0 Å². The Balaban J connectivity index is 2.03. The van der Waals surface area contributed by atoms with E-state index in [1.807, 2.05) is 12.1 Å². The second-order valence-corrected chi connectivity index (χ2v) is 3.81. The summed E-state index contributed by atoms with van der Waals surface area (Å²) in [5, 5.41) is 3.31. The van der Waals surface area contributed by atoms with Gasteiger partial charge in [-0.15, -0.1) is 0 Å². The number of hydrogen-bond acceptors (Lipinski definition) is 6. The van der Waals surface area contributed by atoms with Crippen molar-refractivity contribution >= 4 is 11.5 Å². The molecule has 0 fully saturated rings. The van der Waals surface area contributed by atoms with Crippen molar-refractivity contribution in [2.75, 3.05) is 44.2 Å². The number of nitrogens with two attached hydrogens (primary N) is 1. The molecule has 18 heavy (non-hydrogen) atoms. The van der Waals surface area contributed by atoms with Gasteiger partial charge in [0.2, 0.25) is 0 Å². The van der Waals surface area contributed by atoms with Gasteiger partial charge in [-0.05, 0) is 18.9 Å². The molecule has 102 valence electrons. The molecular weight excluding hydrogens is 232 g/mol. The standard InChI is InChI=1S/C12H22N4O2/c1-17-8-9-18-7-3-2-5-14-11-4-6-15-12(10-11)16-13/h4,6,10H,2-3,5,7-9,13H2,1H3,(H2,14,15,16). The second kappa shape index (κ2) is 9.64. The lowest BCUT2D eigenvalue weighted by atomic mass is 10.3. The van der Waals surface area contributed by atoms with Crippen molar-refractivity contribution < 1.29 is 9.47 Å². The number of pyridine rings is 1. The number of hydrogen-bond donors (Lipinski definition) is 3. The SMILES string of the molecule is COCCOCCCCNc1ccnc(NN)c1. The molecule has 0 aliphatic carbocycles. The molecule has 1 aromatic heterocycles. The number of methoxy groups -OCH3 is 1. The van der Waals surface area contributed by atoms with Crippen LogP contribution in [0.25, 0.3) is 0 Å². The molecule has 6 heteroatoms. The molecular formula is C12H22N4O2. The highest BCUT2D eigenvalue weighted by molar-refractivity contribution is 5.51. The third-order valence-corrected chi connectivity index (χ3v) is 2.38. The third-order valence-electron chi connectivity index (χ3n) is 2.38. The fraction of sp³-hybridized carbons (Fsp3) is 0.583. The number of nitrogens with zero attached hydrogens (tertiary/aromatic N) is 1. The summed E-state index contributed by atoms with van der Waals surface area (Å²) in [5.74, 6) is 5.94. The van der Waals surface area contributed by atoms with Crippen LogP contribution in [-0.2, 0) is 9.47 Å². The van der Waals surface area contributed by atoms with Crippen LogP contribution >= 0.6 is 0 Å². The number of hydrazine groups is 1. The molecule has 0 aliphatic heterocycles. The maximum Gasteiger partial charge on any atom is 0.141 e. The Morgan fingerprint density at radius 1 is 1.28 bits per heavy atom. The van der Waals surface area contributed by atoms with Gasteiger partial charge >= 0.3 is 0 Å². The zero-order chi connectivity index (χ0) is 13.1. The van der Waals surface area contributed by atoms with Crippen molar-refractivity contribution in [3.63, 3.8) is 0 Å². The van der Waals surface area contributed by atoms with Gasteiger partial charge in [-0.25, -0.2) is 10.8 Å². The van der Waals surface area contributed by atoms with Gasteiger partial charge < -0.3 is 20.2 Å². The first-order valence-corrected chi connectivity index (χ1v) is 6.10. The monoisotopic (exact) mass is 254 g/mol. The summed E-state index contributed by atoms with van der Waals surface area (Å²) in [7, 11) is 1.67. The highest BCUT2D eigenvalue weighted by Gasteiger charge is 1.95. The van der Waals surface area contributed by atoms with E-state index < -0.39 is 0 Å². The Morgan fingerprint density at radius 2 is 2.17 bits per heavy atom. The molecule has 0 aromatic carbocycles. The first-order valence-electron chi connectivity index (χ1n) is 6.10. The van der Waals surface area contributed by atoms with E-state index in [2.05, 4.69) is 15.7 Å². The number of anilines is 2. The van der Waals surface area contributed by atoms with Crippen molar-refractivity contribution in [2.45, 2.75) is 12.8 Å². The summed E-state index contributed by atoms with van der Waals surface area (Å²) < 4.78 is 10.3. The third kappa shape index (κ3) is 6.39. The van der Waals surface area contributed by atoms with Crippen LogP contribution in [0.15, 0.2) is 18.3 Å². The molecule has 0 radical (unpaired) electrons. The Hall–Kier alpha value is -1.37. The number of nitrogen functional groups attached to an aromatic ring is 1. The van der Waals surface area contributed by atoms with Gasteiger partial charge in [0, 0.05) is 38.2 Å².